The van der Waals surface area contributed by atoms with Crippen LogP contribution in [0.1, 0.15) is 19.3 Å². The summed E-state index contributed by atoms with van der Waals surface area (Å²) in [7, 11) is -1.38. The van der Waals surface area contributed by atoms with E-state index in [-0.39, 0.29) is 17.3 Å². The van der Waals surface area contributed by atoms with Crippen LogP contribution in [0.5, 0.6) is 0 Å². The summed E-state index contributed by atoms with van der Waals surface area (Å²) in [6.07, 6.45) is 3.23. The Kier molecular flexibility index (Phi) is 3.03. The second kappa shape index (κ2) is 4.36. The topological polar surface area (TPSA) is 29.5 Å². The number of hydrogen-bond acceptors (Lipinski definition) is 3. The maximum atomic E-state index is 12.4. The summed E-state index contributed by atoms with van der Waals surface area (Å²) in [4.78, 5) is 14.9. The van der Waals surface area contributed by atoms with Crippen LogP contribution in [0.15, 0.2) is 0 Å². The largest absolute Gasteiger partial charge is 0.465 e. The van der Waals surface area contributed by atoms with Gasteiger partial charge in [-0.3, -0.25) is 9.69 Å². The van der Waals surface area contributed by atoms with Crippen molar-refractivity contribution < 1.29 is 9.53 Å². The monoisotopic (exact) mass is 277 g/mol. The molecule has 0 N–H and O–H groups in total. The van der Waals surface area contributed by atoms with Gasteiger partial charge in [-0.2, -0.15) is 0 Å². The van der Waals surface area contributed by atoms with Gasteiger partial charge in [-0.1, -0.05) is 19.6 Å². The Hall–Kier alpha value is -0.793. The smallest absolute Gasteiger partial charge is 0.315 e. The number of nitrogens with zero attached hydrogens (tertiary/aromatic N) is 1. The van der Waals surface area contributed by atoms with Crippen LogP contribution in [0.3, 0.4) is 0 Å². The summed E-state index contributed by atoms with van der Waals surface area (Å²) in [6.45, 7) is 9.47. The molecule has 3 atom stereocenters. The summed E-state index contributed by atoms with van der Waals surface area (Å²) in [5.74, 6) is 3.70. The van der Waals surface area contributed by atoms with Gasteiger partial charge in [0.05, 0.1) is 12.5 Å². The van der Waals surface area contributed by atoms with Gasteiger partial charge in [0.2, 0.25) is 0 Å². The third-order valence-corrected chi connectivity index (χ3v) is 5.64. The van der Waals surface area contributed by atoms with Gasteiger partial charge in [0.15, 0.2) is 0 Å². The number of carbonyl (C=O) groups excluding carboxylic acids is 1. The van der Waals surface area contributed by atoms with E-state index in [1.165, 1.54) is 6.42 Å². The number of cyclic esters (lactones) is 1. The Morgan fingerprint density at radius 3 is 2.84 bits per heavy atom. The number of carbonyl (C=O) groups is 1. The van der Waals surface area contributed by atoms with E-state index in [2.05, 4.69) is 36.0 Å². The number of ether oxygens (including phenoxy) is 1. The molecule has 3 aliphatic rings. The summed E-state index contributed by atoms with van der Waals surface area (Å²) < 4.78 is 5.34. The van der Waals surface area contributed by atoms with Gasteiger partial charge in [0.25, 0.3) is 0 Å². The Morgan fingerprint density at radius 2 is 2.21 bits per heavy atom. The van der Waals surface area contributed by atoms with Crippen molar-refractivity contribution >= 4 is 14.0 Å². The van der Waals surface area contributed by atoms with E-state index >= 15 is 0 Å². The van der Waals surface area contributed by atoms with Crippen LogP contribution in [0.2, 0.25) is 19.6 Å². The Balaban J connectivity index is 1.95. The molecule has 0 unspecified atom stereocenters. The minimum absolute atomic E-state index is 0.0248. The lowest BCUT2D eigenvalue weighted by molar-refractivity contribution is -0.148. The molecule has 104 valence electrons. The van der Waals surface area contributed by atoms with Gasteiger partial charge in [-0.25, -0.2) is 0 Å². The van der Waals surface area contributed by atoms with Crippen molar-refractivity contribution in [3.05, 3.63) is 0 Å². The molecule has 3 fully saturated rings. The van der Waals surface area contributed by atoms with Gasteiger partial charge in [-0.15, -0.1) is 11.5 Å². The van der Waals surface area contributed by atoms with Gasteiger partial charge < -0.3 is 4.74 Å². The molecule has 4 heteroatoms. The average Bonchev–Trinajstić information content (AvgIpc) is 2.95. The van der Waals surface area contributed by atoms with E-state index < -0.39 is 8.07 Å². The molecule has 0 saturated carbocycles. The van der Waals surface area contributed by atoms with Crippen LogP contribution < -0.4 is 0 Å². The van der Waals surface area contributed by atoms with Crippen LogP contribution in [-0.4, -0.2) is 44.7 Å². The highest BCUT2D eigenvalue weighted by Gasteiger charge is 2.62. The van der Waals surface area contributed by atoms with E-state index in [0.717, 1.165) is 25.9 Å². The fourth-order valence-electron chi connectivity index (χ4n) is 3.90. The fraction of sp³-hybridized carbons (Fsp3) is 0.800. The fourth-order valence-corrected chi connectivity index (χ4v) is 4.51. The first-order chi connectivity index (χ1) is 8.93. The van der Waals surface area contributed by atoms with Gasteiger partial charge in [0.1, 0.15) is 13.5 Å². The van der Waals surface area contributed by atoms with Crippen LogP contribution in [0.25, 0.3) is 0 Å². The zero-order valence-electron chi connectivity index (χ0n) is 12.2. The van der Waals surface area contributed by atoms with E-state index in [0.29, 0.717) is 12.6 Å². The normalized spacial score (nSPS) is 38.2. The second-order valence-electron chi connectivity index (χ2n) is 7.15. The van der Waals surface area contributed by atoms with E-state index in [9.17, 15) is 4.79 Å². The second-order valence-corrected chi connectivity index (χ2v) is 11.9. The quantitative estimate of drug-likeness (QED) is 0.385. The lowest BCUT2D eigenvalue weighted by Crippen LogP contribution is -2.41. The number of esters is 1. The predicted molar refractivity (Wildman–Crippen MR) is 77.2 cm³/mol. The summed E-state index contributed by atoms with van der Waals surface area (Å²) >= 11 is 0. The standard InChI is InChI=1S/C15H23NO2Si/c1-19(2,3)10-6-12-11-16-8-4-5-13(16)15(12)7-9-18-14(15)17/h12-13H,4-5,7-9,11H2,1-3H3/t12-,13-,15+/m0/s1. The highest BCUT2D eigenvalue weighted by molar-refractivity contribution is 6.83. The van der Waals surface area contributed by atoms with E-state index in [1.54, 1.807) is 0 Å². The third kappa shape index (κ3) is 2.04. The minimum atomic E-state index is -1.38. The molecule has 0 aromatic rings. The SMILES string of the molecule is C[Si](C)(C)C#C[C@H]1CN2CCC[C@H]2[C@@]12CCOC2=O. The molecule has 0 aromatic heterocycles. The first-order valence-corrected chi connectivity index (χ1v) is 10.9. The molecule has 1 spiro atoms. The van der Waals surface area contributed by atoms with E-state index in [4.69, 9.17) is 4.74 Å². The maximum absolute atomic E-state index is 12.4. The highest BCUT2D eigenvalue weighted by atomic mass is 28.3. The Morgan fingerprint density at radius 1 is 1.42 bits per heavy atom. The molecule has 0 aliphatic carbocycles. The highest BCUT2D eigenvalue weighted by Crippen LogP contribution is 2.51. The minimum Gasteiger partial charge on any atom is -0.465 e. The molecule has 0 aromatic carbocycles. The van der Waals surface area contributed by atoms with Crippen molar-refractivity contribution in [2.75, 3.05) is 19.7 Å². The number of hydrogen-bond donors (Lipinski definition) is 0. The molecule has 3 heterocycles. The molecule has 3 aliphatic heterocycles. The summed E-state index contributed by atoms with van der Waals surface area (Å²) in [6, 6.07) is 0.392. The molecule has 0 bridgehead atoms. The van der Waals surface area contributed by atoms with Crippen molar-refractivity contribution in [3.8, 4) is 11.5 Å². The predicted octanol–water partition coefficient (Wildman–Crippen LogP) is 1.89. The number of rotatable bonds is 0. The zero-order chi connectivity index (χ0) is 13.7. The van der Waals surface area contributed by atoms with Crippen molar-refractivity contribution in [3.63, 3.8) is 0 Å². The van der Waals surface area contributed by atoms with Crippen LogP contribution in [-0.2, 0) is 9.53 Å². The van der Waals surface area contributed by atoms with Crippen LogP contribution in [0.4, 0.5) is 0 Å². The molecule has 3 saturated heterocycles. The maximum Gasteiger partial charge on any atom is 0.315 e. The first-order valence-electron chi connectivity index (χ1n) is 7.37. The van der Waals surface area contributed by atoms with Crippen LogP contribution >= 0.6 is 0 Å². The summed E-state index contributed by atoms with van der Waals surface area (Å²) in [5.41, 5.74) is 3.18. The molecule has 0 radical (unpaired) electrons. The third-order valence-electron chi connectivity index (χ3n) is 4.75. The average molecular weight is 277 g/mol. The van der Waals surface area contributed by atoms with Crippen molar-refractivity contribution in [2.24, 2.45) is 11.3 Å². The number of fused-ring (bicyclic) bond motifs is 2. The molecule has 0 amide bonds. The van der Waals surface area contributed by atoms with E-state index in [1.807, 2.05) is 0 Å². The molecular weight excluding hydrogens is 254 g/mol. The molecule has 3 rings (SSSR count). The Bertz CT molecular complexity index is 459. The van der Waals surface area contributed by atoms with Crippen molar-refractivity contribution in [1.82, 2.24) is 4.90 Å². The van der Waals surface area contributed by atoms with Crippen molar-refractivity contribution in [1.29, 1.82) is 0 Å². The van der Waals surface area contributed by atoms with Gasteiger partial charge in [0, 0.05) is 19.0 Å². The summed E-state index contributed by atoms with van der Waals surface area (Å²) in [5, 5.41) is 0. The lowest BCUT2D eigenvalue weighted by atomic mass is 9.71. The molecular formula is C15H23NO2Si. The lowest BCUT2D eigenvalue weighted by Gasteiger charge is -2.29. The zero-order valence-corrected chi connectivity index (χ0v) is 13.2. The first kappa shape index (κ1) is 13.2. The van der Waals surface area contributed by atoms with Gasteiger partial charge >= 0.3 is 5.97 Å². The molecule has 19 heavy (non-hydrogen) atoms. The Labute approximate surface area is 116 Å². The van der Waals surface area contributed by atoms with Gasteiger partial charge in [-0.05, 0) is 19.4 Å². The van der Waals surface area contributed by atoms with Crippen LogP contribution in [0, 0.1) is 22.8 Å². The van der Waals surface area contributed by atoms with Crippen molar-refractivity contribution in [2.45, 2.75) is 44.9 Å². The molecule has 3 nitrogen and oxygen atoms in total.